The van der Waals surface area contributed by atoms with E-state index in [0.29, 0.717) is 6.04 Å². The molecule has 0 unspecified atom stereocenters. The van der Waals surface area contributed by atoms with Gasteiger partial charge in [0.2, 0.25) is 0 Å². The van der Waals surface area contributed by atoms with Gasteiger partial charge < -0.3 is 19.4 Å². The normalized spacial score (nSPS) is 14.1. The van der Waals surface area contributed by atoms with Gasteiger partial charge in [-0.25, -0.2) is 9.97 Å². The van der Waals surface area contributed by atoms with Crippen molar-refractivity contribution >= 4 is 16.9 Å². The molecule has 1 aromatic carbocycles. The highest BCUT2D eigenvalue weighted by molar-refractivity contribution is 5.85. The number of aromatic nitrogens is 4. The van der Waals surface area contributed by atoms with Crippen LogP contribution in [0.15, 0.2) is 35.6 Å². The standard InChI is InChI=1S/C30H48N8/c1-6-16-36(17-7-2)18-9-8-10-29-34-26-12-11-25(20-27(26)38(29)24(3)4)21-37(22-28-31-13-14-32-28)23-30-33-15-19-35(30)5/h11-14,20,24H,6-10,15-19,21-23H2,1-5H3,(H,31,32). The largest absolute Gasteiger partial charge is 0.360 e. The molecule has 208 valence electrons. The molecule has 3 aromatic rings. The van der Waals surface area contributed by atoms with Crippen LogP contribution in [0.5, 0.6) is 0 Å². The van der Waals surface area contributed by atoms with Gasteiger partial charge in [0.1, 0.15) is 17.5 Å². The van der Waals surface area contributed by atoms with Crippen molar-refractivity contribution in [2.75, 3.05) is 46.3 Å². The lowest BCUT2D eigenvalue weighted by molar-refractivity contribution is 0.268. The number of amidine groups is 1. The highest BCUT2D eigenvalue weighted by Gasteiger charge is 2.19. The van der Waals surface area contributed by atoms with E-state index in [4.69, 9.17) is 9.98 Å². The Labute approximate surface area is 229 Å². The molecule has 0 saturated heterocycles. The van der Waals surface area contributed by atoms with Crippen molar-refractivity contribution in [2.45, 2.75) is 78.9 Å². The number of nitrogens with one attached hydrogen (secondary N) is 1. The molecule has 1 aliphatic rings. The number of aromatic amines is 1. The van der Waals surface area contributed by atoms with Gasteiger partial charge in [-0.1, -0.05) is 19.9 Å². The second kappa shape index (κ2) is 13.9. The predicted molar refractivity (Wildman–Crippen MR) is 158 cm³/mol. The van der Waals surface area contributed by atoms with E-state index in [1.54, 1.807) is 0 Å². The molecule has 0 atom stereocenters. The fraction of sp³-hybridized carbons (Fsp3) is 0.633. The Bertz CT molecular complexity index is 1140. The zero-order valence-electron chi connectivity index (χ0n) is 24.3. The van der Waals surface area contributed by atoms with Crippen LogP contribution < -0.4 is 0 Å². The molecule has 8 nitrogen and oxygen atoms in total. The van der Waals surface area contributed by atoms with Gasteiger partial charge in [0, 0.05) is 45.0 Å². The van der Waals surface area contributed by atoms with Crippen molar-refractivity contribution < 1.29 is 0 Å². The molecular weight excluding hydrogens is 472 g/mol. The molecule has 0 aliphatic carbocycles. The maximum absolute atomic E-state index is 5.09. The van der Waals surface area contributed by atoms with Crippen molar-refractivity contribution in [3.63, 3.8) is 0 Å². The monoisotopic (exact) mass is 520 g/mol. The fourth-order valence-electron chi connectivity index (χ4n) is 5.60. The first-order valence-corrected chi connectivity index (χ1v) is 14.7. The van der Waals surface area contributed by atoms with Gasteiger partial charge in [-0.05, 0) is 76.9 Å². The number of H-pyrrole nitrogens is 1. The van der Waals surface area contributed by atoms with Crippen molar-refractivity contribution in [1.82, 2.24) is 34.2 Å². The molecular formula is C30H48N8. The summed E-state index contributed by atoms with van der Waals surface area (Å²) in [7, 11) is 2.14. The van der Waals surface area contributed by atoms with E-state index in [1.165, 1.54) is 62.2 Å². The molecule has 38 heavy (non-hydrogen) atoms. The molecule has 0 bridgehead atoms. The van der Waals surface area contributed by atoms with Crippen LogP contribution >= 0.6 is 0 Å². The first-order chi connectivity index (χ1) is 18.5. The van der Waals surface area contributed by atoms with Crippen molar-refractivity contribution in [1.29, 1.82) is 0 Å². The number of aliphatic imine (C=N–C) groups is 1. The Balaban J connectivity index is 1.47. The number of nitrogens with zero attached hydrogens (tertiary/aromatic N) is 7. The summed E-state index contributed by atoms with van der Waals surface area (Å²) in [5.41, 5.74) is 3.65. The highest BCUT2D eigenvalue weighted by atomic mass is 15.3. The molecule has 2 aromatic heterocycles. The first-order valence-electron chi connectivity index (χ1n) is 14.7. The van der Waals surface area contributed by atoms with E-state index in [2.05, 4.69) is 82.2 Å². The van der Waals surface area contributed by atoms with Gasteiger partial charge in [0.05, 0.1) is 30.7 Å². The van der Waals surface area contributed by atoms with Gasteiger partial charge in [-0.15, -0.1) is 0 Å². The number of imidazole rings is 2. The topological polar surface area (TPSA) is 68.6 Å². The molecule has 0 saturated carbocycles. The third-order valence-electron chi connectivity index (χ3n) is 7.42. The number of fused-ring (bicyclic) bond motifs is 1. The van der Waals surface area contributed by atoms with E-state index in [0.717, 1.165) is 56.3 Å². The van der Waals surface area contributed by atoms with Gasteiger partial charge in [-0.2, -0.15) is 0 Å². The van der Waals surface area contributed by atoms with Crippen LogP contribution in [0.1, 0.15) is 76.6 Å². The summed E-state index contributed by atoms with van der Waals surface area (Å²) in [6, 6.07) is 7.18. The van der Waals surface area contributed by atoms with Gasteiger partial charge in [-0.3, -0.25) is 9.89 Å². The Morgan fingerprint density at radius 3 is 2.47 bits per heavy atom. The Morgan fingerprint density at radius 1 is 1.00 bits per heavy atom. The molecule has 0 amide bonds. The van der Waals surface area contributed by atoms with Crippen molar-refractivity contribution in [2.24, 2.45) is 4.99 Å². The van der Waals surface area contributed by atoms with Gasteiger partial charge in [0.25, 0.3) is 0 Å². The second-order valence-electron chi connectivity index (χ2n) is 11.0. The van der Waals surface area contributed by atoms with Crippen LogP contribution in [0.3, 0.4) is 0 Å². The quantitative estimate of drug-likeness (QED) is 0.265. The molecule has 3 heterocycles. The van der Waals surface area contributed by atoms with E-state index in [-0.39, 0.29) is 0 Å². The number of hydrogen-bond acceptors (Lipinski definition) is 6. The lowest BCUT2D eigenvalue weighted by Gasteiger charge is -2.24. The van der Waals surface area contributed by atoms with E-state index in [1.807, 2.05) is 12.4 Å². The zero-order chi connectivity index (χ0) is 26.9. The lowest BCUT2D eigenvalue weighted by Crippen LogP contribution is -2.36. The molecule has 1 N–H and O–H groups in total. The summed E-state index contributed by atoms with van der Waals surface area (Å²) < 4.78 is 2.46. The van der Waals surface area contributed by atoms with Crippen LogP contribution in [0.2, 0.25) is 0 Å². The van der Waals surface area contributed by atoms with Crippen LogP contribution in [0.4, 0.5) is 0 Å². The minimum atomic E-state index is 0.377. The molecule has 1 aliphatic heterocycles. The maximum Gasteiger partial charge on any atom is 0.120 e. The molecule has 4 rings (SSSR count). The maximum atomic E-state index is 5.09. The van der Waals surface area contributed by atoms with Crippen LogP contribution in [0, 0.1) is 0 Å². The average molecular weight is 521 g/mol. The Kier molecular flexibility index (Phi) is 10.4. The smallest absolute Gasteiger partial charge is 0.120 e. The summed E-state index contributed by atoms with van der Waals surface area (Å²) in [4.78, 5) is 24.9. The van der Waals surface area contributed by atoms with E-state index >= 15 is 0 Å². The summed E-state index contributed by atoms with van der Waals surface area (Å²) in [6.07, 6.45) is 9.63. The third-order valence-corrected chi connectivity index (χ3v) is 7.42. The van der Waals surface area contributed by atoms with E-state index in [9.17, 15) is 0 Å². The minimum absolute atomic E-state index is 0.377. The van der Waals surface area contributed by atoms with Crippen molar-refractivity contribution in [3.05, 3.63) is 47.8 Å². The predicted octanol–water partition coefficient (Wildman–Crippen LogP) is 5.13. The fourth-order valence-corrected chi connectivity index (χ4v) is 5.60. The summed E-state index contributed by atoms with van der Waals surface area (Å²) in [6.45, 7) is 17.0. The number of benzene rings is 1. The molecule has 8 heteroatoms. The molecule has 0 fully saturated rings. The second-order valence-corrected chi connectivity index (χ2v) is 11.0. The van der Waals surface area contributed by atoms with Crippen molar-refractivity contribution in [3.8, 4) is 0 Å². The summed E-state index contributed by atoms with van der Waals surface area (Å²) >= 11 is 0. The number of aryl methyl sites for hydroxylation is 1. The first kappa shape index (κ1) is 28.3. The summed E-state index contributed by atoms with van der Waals surface area (Å²) in [5, 5.41) is 0. The summed E-state index contributed by atoms with van der Waals surface area (Å²) in [5.74, 6) is 3.36. The Morgan fingerprint density at radius 2 is 1.82 bits per heavy atom. The molecule has 0 spiro atoms. The molecule has 0 radical (unpaired) electrons. The third kappa shape index (κ3) is 7.44. The van der Waals surface area contributed by atoms with Crippen LogP contribution in [-0.4, -0.2) is 86.4 Å². The number of unbranched alkanes of at least 4 members (excludes halogenated alkanes) is 1. The average Bonchev–Trinajstić information content (AvgIpc) is 3.62. The van der Waals surface area contributed by atoms with E-state index < -0.39 is 0 Å². The number of rotatable bonds is 16. The highest BCUT2D eigenvalue weighted by Crippen LogP contribution is 2.24. The van der Waals surface area contributed by atoms with Crippen LogP contribution in [-0.2, 0) is 19.5 Å². The minimum Gasteiger partial charge on any atom is -0.360 e. The zero-order valence-corrected chi connectivity index (χ0v) is 24.3. The Hall–Kier alpha value is -2.71. The van der Waals surface area contributed by atoms with Crippen LogP contribution in [0.25, 0.3) is 11.0 Å². The number of hydrogen-bond donors (Lipinski definition) is 1. The SMILES string of the molecule is CCCN(CCC)CCCCc1nc2ccc(CN(CC3=NCCN3C)Cc3ncc[nH]3)cc2n1C(C)C. The van der Waals surface area contributed by atoms with Gasteiger partial charge >= 0.3 is 0 Å². The number of likely N-dealkylation sites (N-methyl/N-ethyl adjacent to an activating group) is 1. The lowest BCUT2D eigenvalue weighted by atomic mass is 10.1. The van der Waals surface area contributed by atoms with Gasteiger partial charge in [0.15, 0.2) is 0 Å².